The number of rotatable bonds is 6. The zero-order valence-corrected chi connectivity index (χ0v) is 10.5. The molecule has 0 aliphatic rings. The van der Waals surface area contributed by atoms with Gasteiger partial charge >= 0.3 is 0 Å². The fraction of sp³-hybridized carbons (Fsp3) is 0.571. The summed E-state index contributed by atoms with van der Waals surface area (Å²) >= 11 is 0. The molecule has 0 bridgehead atoms. The SMILES string of the molecule is CCNC(C)C(O)(CC)Cc1ccccc1. The van der Waals surface area contributed by atoms with E-state index in [4.69, 9.17) is 0 Å². The molecule has 0 heterocycles. The quantitative estimate of drug-likeness (QED) is 0.773. The van der Waals surface area contributed by atoms with E-state index in [0.717, 1.165) is 13.0 Å². The molecule has 0 saturated heterocycles. The van der Waals surface area contributed by atoms with Crippen molar-refractivity contribution in [2.75, 3.05) is 6.54 Å². The summed E-state index contributed by atoms with van der Waals surface area (Å²) < 4.78 is 0. The Labute approximate surface area is 98.7 Å². The van der Waals surface area contributed by atoms with Gasteiger partial charge < -0.3 is 10.4 Å². The Balaban J connectivity index is 2.73. The number of hydrogen-bond acceptors (Lipinski definition) is 2. The van der Waals surface area contributed by atoms with Gasteiger partial charge in [-0.15, -0.1) is 0 Å². The zero-order valence-electron chi connectivity index (χ0n) is 10.5. The lowest BCUT2D eigenvalue weighted by molar-refractivity contribution is 0.00434. The van der Waals surface area contributed by atoms with Gasteiger partial charge in [-0.2, -0.15) is 0 Å². The van der Waals surface area contributed by atoms with E-state index in [1.807, 2.05) is 25.1 Å². The number of hydrogen-bond donors (Lipinski definition) is 2. The second-order valence-corrected chi connectivity index (χ2v) is 4.40. The fourth-order valence-corrected chi connectivity index (χ4v) is 2.03. The summed E-state index contributed by atoms with van der Waals surface area (Å²) in [7, 11) is 0. The first kappa shape index (κ1) is 13.2. The first-order chi connectivity index (χ1) is 7.62. The van der Waals surface area contributed by atoms with Crippen LogP contribution in [0.5, 0.6) is 0 Å². The molecule has 0 aliphatic heterocycles. The Morgan fingerprint density at radius 2 is 1.88 bits per heavy atom. The van der Waals surface area contributed by atoms with Crippen molar-refractivity contribution in [1.82, 2.24) is 5.32 Å². The number of nitrogens with one attached hydrogen (secondary N) is 1. The summed E-state index contributed by atoms with van der Waals surface area (Å²) in [4.78, 5) is 0. The van der Waals surface area contributed by atoms with Crippen LogP contribution in [0, 0.1) is 0 Å². The minimum atomic E-state index is -0.655. The van der Waals surface area contributed by atoms with E-state index in [0.29, 0.717) is 6.42 Å². The van der Waals surface area contributed by atoms with E-state index in [1.165, 1.54) is 5.56 Å². The van der Waals surface area contributed by atoms with E-state index < -0.39 is 5.60 Å². The van der Waals surface area contributed by atoms with Crippen molar-refractivity contribution in [2.24, 2.45) is 0 Å². The molecule has 0 spiro atoms. The third-order valence-electron chi connectivity index (χ3n) is 3.28. The Morgan fingerprint density at radius 3 is 2.38 bits per heavy atom. The van der Waals surface area contributed by atoms with Crippen molar-refractivity contribution < 1.29 is 5.11 Å². The van der Waals surface area contributed by atoms with Gasteiger partial charge in [0, 0.05) is 12.5 Å². The smallest absolute Gasteiger partial charge is 0.0834 e. The van der Waals surface area contributed by atoms with Crippen LogP contribution in [0.2, 0.25) is 0 Å². The summed E-state index contributed by atoms with van der Waals surface area (Å²) in [5.41, 5.74) is 0.536. The summed E-state index contributed by atoms with van der Waals surface area (Å²) in [5.74, 6) is 0. The van der Waals surface area contributed by atoms with Crippen LogP contribution in [-0.4, -0.2) is 23.3 Å². The third kappa shape index (κ3) is 3.32. The average Bonchev–Trinajstić information content (AvgIpc) is 2.30. The van der Waals surface area contributed by atoms with Gasteiger partial charge in [0.2, 0.25) is 0 Å². The molecule has 0 aromatic heterocycles. The molecule has 16 heavy (non-hydrogen) atoms. The van der Waals surface area contributed by atoms with Gasteiger partial charge in [-0.1, -0.05) is 44.2 Å². The van der Waals surface area contributed by atoms with E-state index >= 15 is 0 Å². The predicted octanol–water partition coefficient (Wildman–Crippen LogP) is 2.37. The third-order valence-corrected chi connectivity index (χ3v) is 3.28. The van der Waals surface area contributed by atoms with E-state index in [9.17, 15) is 5.11 Å². The summed E-state index contributed by atoms with van der Waals surface area (Å²) in [6, 6.07) is 10.3. The average molecular weight is 221 g/mol. The molecule has 0 radical (unpaired) electrons. The molecule has 0 amide bonds. The molecular formula is C14H23NO. The van der Waals surface area contributed by atoms with Crippen LogP contribution < -0.4 is 5.32 Å². The number of likely N-dealkylation sites (N-methyl/N-ethyl adjacent to an activating group) is 1. The molecule has 2 N–H and O–H groups in total. The first-order valence-electron chi connectivity index (χ1n) is 6.12. The van der Waals surface area contributed by atoms with Crippen LogP contribution in [0.25, 0.3) is 0 Å². The molecule has 0 fully saturated rings. The minimum Gasteiger partial charge on any atom is -0.388 e. The normalized spacial score (nSPS) is 16.8. The summed E-state index contributed by atoms with van der Waals surface area (Å²) in [5, 5.41) is 13.9. The molecule has 2 nitrogen and oxygen atoms in total. The predicted molar refractivity (Wildman–Crippen MR) is 68.5 cm³/mol. The van der Waals surface area contributed by atoms with E-state index in [1.54, 1.807) is 0 Å². The first-order valence-corrected chi connectivity index (χ1v) is 6.12. The molecule has 0 aliphatic carbocycles. The molecule has 0 saturated carbocycles. The van der Waals surface area contributed by atoms with Crippen molar-refractivity contribution in [3.63, 3.8) is 0 Å². The van der Waals surface area contributed by atoms with Crippen molar-refractivity contribution in [2.45, 2.75) is 45.3 Å². The molecule has 90 valence electrons. The topological polar surface area (TPSA) is 32.3 Å². The highest BCUT2D eigenvalue weighted by Gasteiger charge is 2.31. The van der Waals surface area contributed by atoms with Crippen LogP contribution in [0.4, 0.5) is 0 Å². The van der Waals surface area contributed by atoms with Crippen molar-refractivity contribution >= 4 is 0 Å². The Kier molecular flexibility index (Phi) is 4.97. The fourth-order valence-electron chi connectivity index (χ4n) is 2.03. The van der Waals surface area contributed by atoms with Crippen molar-refractivity contribution in [3.8, 4) is 0 Å². The van der Waals surface area contributed by atoms with Gasteiger partial charge in [-0.3, -0.25) is 0 Å². The molecule has 1 aromatic rings. The second-order valence-electron chi connectivity index (χ2n) is 4.40. The maximum Gasteiger partial charge on any atom is 0.0834 e. The minimum absolute atomic E-state index is 0.114. The van der Waals surface area contributed by atoms with Gasteiger partial charge in [0.25, 0.3) is 0 Å². The molecule has 1 aromatic carbocycles. The molecule has 1 rings (SSSR count). The van der Waals surface area contributed by atoms with Crippen LogP contribution in [-0.2, 0) is 6.42 Å². The Morgan fingerprint density at radius 1 is 1.25 bits per heavy atom. The largest absolute Gasteiger partial charge is 0.388 e. The van der Waals surface area contributed by atoms with Crippen LogP contribution in [0.3, 0.4) is 0 Å². The van der Waals surface area contributed by atoms with E-state index in [-0.39, 0.29) is 6.04 Å². The highest BCUT2D eigenvalue weighted by atomic mass is 16.3. The van der Waals surface area contributed by atoms with Crippen LogP contribution >= 0.6 is 0 Å². The number of aliphatic hydroxyl groups is 1. The summed E-state index contributed by atoms with van der Waals surface area (Å²) in [6.45, 7) is 7.04. The van der Waals surface area contributed by atoms with Gasteiger partial charge in [0.05, 0.1) is 5.60 Å². The van der Waals surface area contributed by atoms with Gasteiger partial charge in [-0.25, -0.2) is 0 Å². The standard InChI is InChI=1S/C14H23NO/c1-4-14(16,12(3)15-5-2)11-13-9-7-6-8-10-13/h6-10,12,15-16H,4-5,11H2,1-3H3. The van der Waals surface area contributed by atoms with Gasteiger partial charge in [-0.05, 0) is 25.5 Å². The monoisotopic (exact) mass is 221 g/mol. The number of benzene rings is 1. The molecule has 2 unspecified atom stereocenters. The van der Waals surface area contributed by atoms with E-state index in [2.05, 4.69) is 31.3 Å². The Hall–Kier alpha value is -0.860. The van der Waals surface area contributed by atoms with Crippen LogP contribution in [0.15, 0.2) is 30.3 Å². The van der Waals surface area contributed by atoms with Gasteiger partial charge in [0.1, 0.15) is 0 Å². The van der Waals surface area contributed by atoms with Crippen molar-refractivity contribution in [1.29, 1.82) is 0 Å². The maximum atomic E-state index is 10.6. The highest BCUT2D eigenvalue weighted by Crippen LogP contribution is 2.21. The summed E-state index contributed by atoms with van der Waals surface area (Å²) in [6.07, 6.45) is 1.47. The lowest BCUT2D eigenvalue weighted by atomic mass is 9.85. The Bertz CT molecular complexity index is 299. The molecule has 2 atom stereocenters. The van der Waals surface area contributed by atoms with Crippen LogP contribution in [0.1, 0.15) is 32.8 Å². The molecule has 2 heteroatoms. The zero-order chi connectivity index (χ0) is 12.0. The second kappa shape index (κ2) is 6.02. The molecular weight excluding hydrogens is 198 g/mol. The maximum absolute atomic E-state index is 10.6. The highest BCUT2D eigenvalue weighted by molar-refractivity contribution is 5.17. The van der Waals surface area contributed by atoms with Gasteiger partial charge in [0.15, 0.2) is 0 Å². The lowest BCUT2D eigenvalue weighted by Gasteiger charge is -2.34. The lowest BCUT2D eigenvalue weighted by Crippen LogP contribution is -2.50. The van der Waals surface area contributed by atoms with Crippen molar-refractivity contribution in [3.05, 3.63) is 35.9 Å².